The van der Waals surface area contributed by atoms with Crippen LogP contribution in [0.25, 0.3) is 10.9 Å². The summed E-state index contributed by atoms with van der Waals surface area (Å²) < 4.78 is 6.03. The molecule has 0 radical (unpaired) electrons. The summed E-state index contributed by atoms with van der Waals surface area (Å²) >= 11 is 5.97. The van der Waals surface area contributed by atoms with Gasteiger partial charge in [0.05, 0.1) is 17.1 Å². The van der Waals surface area contributed by atoms with Gasteiger partial charge in [-0.2, -0.15) is 5.10 Å². The number of rotatable bonds is 5. The Kier molecular flexibility index (Phi) is 5.09. The third-order valence-electron chi connectivity index (χ3n) is 3.72. The summed E-state index contributed by atoms with van der Waals surface area (Å²) in [4.78, 5) is 38.2. The number of nitrogens with one attached hydrogen (secondary N) is 1. The van der Waals surface area contributed by atoms with Crippen molar-refractivity contribution in [3.63, 3.8) is 0 Å². The van der Waals surface area contributed by atoms with Gasteiger partial charge in [0, 0.05) is 10.6 Å². The first-order valence-electron chi connectivity index (χ1n) is 7.84. The number of aromatic amines is 1. The maximum Gasteiger partial charge on any atom is 0.349 e. The van der Waals surface area contributed by atoms with Crippen LogP contribution in [0.5, 0.6) is 5.75 Å². The molecule has 1 heterocycles. The molecule has 1 atom stereocenters. The maximum absolute atomic E-state index is 12.5. The van der Waals surface area contributed by atoms with Gasteiger partial charge in [-0.05, 0) is 37.3 Å². The molecule has 0 fully saturated rings. The van der Waals surface area contributed by atoms with Gasteiger partial charge in [-0.3, -0.25) is 4.79 Å². The van der Waals surface area contributed by atoms with Crippen molar-refractivity contribution in [2.75, 3.05) is 0 Å². The number of hydrogen-bond acceptors (Lipinski definition) is 5. The molecule has 2 N–H and O–H groups in total. The molecule has 2 aromatic carbocycles. The molecule has 0 amide bonds. The lowest BCUT2D eigenvalue weighted by atomic mass is 10.2. The lowest BCUT2D eigenvalue weighted by molar-refractivity contribution is -0.144. The number of halogens is 1. The van der Waals surface area contributed by atoms with E-state index in [1.807, 2.05) is 0 Å². The van der Waals surface area contributed by atoms with Gasteiger partial charge in [0.1, 0.15) is 5.75 Å². The minimum atomic E-state index is -1.14. The lowest BCUT2D eigenvalue weighted by Crippen LogP contribution is -2.32. The number of carbonyl (C=O) groups is 1. The molecule has 0 saturated carbocycles. The largest absolute Gasteiger partial charge is 0.479 e. The summed E-state index contributed by atoms with van der Waals surface area (Å²) in [7, 11) is 0. The Bertz CT molecular complexity index is 1170. The molecular formula is C18H14ClN3O5. The molecule has 0 saturated heterocycles. The molecule has 0 aliphatic carbocycles. The summed E-state index contributed by atoms with van der Waals surface area (Å²) in [6, 6.07) is 11.0. The van der Waals surface area contributed by atoms with E-state index in [9.17, 15) is 14.4 Å². The van der Waals surface area contributed by atoms with Crippen LogP contribution >= 0.6 is 11.6 Å². The number of para-hydroxylation sites is 1. The monoisotopic (exact) mass is 387 g/mol. The Balaban J connectivity index is 2.05. The van der Waals surface area contributed by atoms with Crippen molar-refractivity contribution in [2.24, 2.45) is 5.10 Å². The minimum absolute atomic E-state index is 0.198. The number of carboxylic acid groups (broad SMARTS) is 1. The zero-order valence-corrected chi connectivity index (χ0v) is 14.8. The summed E-state index contributed by atoms with van der Waals surface area (Å²) in [5, 5.41) is 13.6. The topological polar surface area (TPSA) is 114 Å². The van der Waals surface area contributed by atoms with Crippen molar-refractivity contribution in [2.45, 2.75) is 13.0 Å². The standard InChI is InChI=1S/C18H14ClN3O5/c1-10(17(24)25)27-15-7-6-12(19)8-11(15)9-20-22-16(23)13-4-2-3-5-14(13)21-18(22)26/h2-10H,1H3,(H,21,26)(H,24,25)/t10-/m1/s1. The lowest BCUT2D eigenvalue weighted by Gasteiger charge is -2.12. The van der Waals surface area contributed by atoms with E-state index in [0.29, 0.717) is 26.2 Å². The number of hydrogen-bond donors (Lipinski definition) is 2. The summed E-state index contributed by atoms with van der Waals surface area (Å²) in [6.45, 7) is 1.37. The highest BCUT2D eigenvalue weighted by molar-refractivity contribution is 6.30. The van der Waals surface area contributed by atoms with Gasteiger partial charge >= 0.3 is 11.7 Å². The van der Waals surface area contributed by atoms with E-state index in [1.165, 1.54) is 31.3 Å². The highest BCUT2D eigenvalue weighted by Crippen LogP contribution is 2.22. The molecule has 3 aromatic rings. The number of aromatic nitrogens is 2. The Labute approximate surface area is 157 Å². The fourth-order valence-electron chi connectivity index (χ4n) is 2.35. The molecule has 8 nitrogen and oxygen atoms in total. The van der Waals surface area contributed by atoms with Gasteiger partial charge in [0.2, 0.25) is 0 Å². The number of carboxylic acids is 1. The van der Waals surface area contributed by atoms with Crippen molar-refractivity contribution in [1.29, 1.82) is 0 Å². The third-order valence-corrected chi connectivity index (χ3v) is 3.95. The smallest absolute Gasteiger partial charge is 0.349 e. The SMILES string of the molecule is C[C@@H](Oc1ccc(Cl)cc1C=Nn1c(=O)[nH]c2ccccc2c1=O)C(=O)O. The molecule has 0 bridgehead atoms. The van der Waals surface area contributed by atoms with Crippen LogP contribution < -0.4 is 16.0 Å². The average Bonchev–Trinajstić information content (AvgIpc) is 2.63. The molecule has 9 heteroatoms. The van der Waals surface area contributed by atoms with Gasteiger partial charge in [0.15, 0.2) is 6.10 Å². The Morgan fingerprint density at radius 2 is 2.04 bits per heavy atom. The van der Waals surface area contributed by atoms with Crippen molar-refractivity contribution >= 4 is 34.7 Å². The second-order valence-electron chi connectivity index (χ2n) is 5.62. The fraction of sp³-hybridized carbons (Fsp3) is 0.111. The van der Waals surface area contributed by atoms with Gasteiger partial charge in [-0.1, -0.05) is 23.7 Å². The minimum Gasteiger partial charge on any atom is -0.479 e. The number of aliphatic carboxylic acids is 1. The normalized spacial score (nSPS) is 12.4. The van der Waals surface area contributed by atoms with Gasteiger partial charge in [-0.25, -0.2) is 9.59 Å². The Morgan fingerprint density at radius 1 is 1.30 bits per heavy atom. The molecule has 138 valence electrons. The van der Waals surface area contributed by atoms with Crippen molar-refractivity contribution < 1.29 is 14.6 Å². The molecule has 1 aromatic heterocycles. The van der Waals surface area contributed by atoms with Gasteiger partial charge in [-0.15, -0.1) is 4.68 Å². The Hall–Kier alpha value is -3.39. The molecule has 0 aliphatic heterocycles. The zero-order chi connectivity index (χ0) is 19.6. The van der Waals surface area contributed by atoms with Crippen LogP contribution in [0, 0.1) is 0 Å². The quantitative estimate of drug-likeness (QED) is 0.650. The number of nitrogens with zero attached hydrogens (tertiary/aromatic N) is 2. The van der Waals surface area contributed by atoms with Crippen LogP contribution in [0.3, 0.4) is 0 Å². The highest BCUT2D eigenvalue weighted by atomic mass is 35.5. The van der Waals surface area contributed by atoms with Gasteiger partial charge in [0.25, 0.3) is 5.56 Å². The average molecular weight is 388 g/mol. The van der Waals surface area contributed by atoms with Crippen LogP contribution in [0.15, 0.2) is 57.2 Å². The van der Waals surface area contributed by atoms with Crippen molar-refractivity contribution in [3.05, 3.63) is 73.9 Å². The summed E-state index contributed by atoms with van der Waals surface area (Å²) in [5.74, 6) is -0.946. The van der Waals surface area contributed by atoms with Crippen LogP contribution in [-0.4, -0.2) is 33.1 Å². The highest BCUT2D eigenvalue weighted by Gasteiger charge is 2.15. The van der Waals surface area contributed by atoms with Crippen LogP contribution in [0.2, 0.25) is 5.02 Å². The second kappa shape index (κ2) is 7.46. The van der Waals surface area contributed by atoms with E-state index in [1.54, 1.807) is 24.3 Å². The van der Waals surface area contributed by atoms with Crippen LogP contribution in [-0.2, 0) is 4.79 Å². The number of ether oxygens (including phenoxy) is 1. The first-order valence-corrected chi connectivity index (χ1v) is 8.22. The third kappa shape index (κ3) is 3.90. The molecular weight excluding hydrogens is 374 g/mol. The van der Waals surface area contributed by atoms with E-state index >= 15 is 0 Å². The molecule has 0 aliphatic rings. The number of H-pyrrole nitrogens is 1. The van der Waals surface area contributed by atoms with Crippen molar-refractivity contribution in [1.82, 2.24) is 9.66 Å². The maximum atomic E-state index is 12.5. The first-order chi connectivity index (χ1) is 12.9. The van der Waals surface area contributed by atoms with Crippen LogP contribution in [0.1, 0.15) is 12.5 Å². The first kappa shape index (κ1) is 18.4. The van der Waals surface area contributed by atoms with Crippen molar-refractivity contribution in [3.8, 4) is 5.75 Å². The predicted molar refractivity (Wildman–Crippen MR) is 101 cm³/mol. The van der Waals surface area contributed by atoms with E-state index in [4.69, 9.17) is 21.4 Å². The predicted octanol–water partition coefficient (Wildman–Crippen LogP) is 2.08. The molecule has 0 unspecified atom stereocenters. The van der Waals surface area contributed by atoms with E-state index in [0.717, 1.165) is 0 Å². The molecule has 3 rings (SSSR count). The number of fused-ring (bicyclic) bond motifs is 1. The Morgan fingerprint density at radius 3 is 2.78 bits per heavy atom. The van der Waals surface area contributed by atoms with E-state index < -0.39 is 23.3 Å². The summed E-state index contributed by atoms with van der Waals surface area (Å²) in [5.41, 5.74) is -0.580. The molecule has 27 heavy (non-hydrogen) atoms. The molecule has 0 spiro atoms. The summed E-state index contributed by atoms with van der Waals surface area (Å²) in [6.07, 6.45) is 0.103. The van der Waals surface area contributed by atoms with E-state index in [2.05, 4.69) is 10.1 Å². The van der Waals surface area contributed by atoms with Gasteiger partial charge < -0.3 is 14.8 Å². The van der Waals surface area contributed by atoms with Crippen LogP contribution in [0.4, 0.5) is 0 Å². The van der Waals surface area contributed by atoms with E-state index in [-0.39, 0.29) is 5.75 Å². The second-order valence-corrected chi connectivity index (χ2v) is 6.05. The fourth-order valence-corrected chi connectivity index (χ4v) is 2.53. The zero-order valence-electron chi connectivity index (χ0n) is 14.0. The number of benzene rings is 2.